The molecule has 0 spiro atoms. The molecule has 4 rings (SSSR count). The zero-order valence-electron chi connectivity index (χ0n) is 19.8. The normalized spacial score (nSPS) is 13.6. The Morgan fingerprint density at radius 2 is 1.74 bits per heavy atom. The standard InChI is InChI=1S/C24H28N4O5S/c1-24(2,3)19-11-18(28-21(29)8-9-25-23(28)30)12-20(22(19)33-4)27-13-15-6-7-17(10-16(15)14-27)26-34(5,31)32/h6-12,26H,13-14H2,1-5H3,(H,25,30). The van der Waals surface area contributed by atoms with Crippen molar-refractivity contribution < 1.29 is 13.2 Å². The molecule has 10 heteroatoms. The SMILES string of the molecule is COc1c(N2Cc3ccc(NS(C)(=O)=O)cc3C2)cc(-n2c(=O)cc[nH]c2=O)cc1C(C)(C)C. The van der Waals surface area contributed by atoms with Crippen molar-refractivity contribution in [1.82, 2.24) is 9.55 Å². The predicted molar refractivity (Wildman–Crippen MR) is 133 cm³/mol. The third-order valence-corrected chi connectivity index (χ3v) is 6.36. The quantitative estimate of drug-likeness (QED) is 0.576. The highest BCUT2D eigenvalue weighted by molar-refractivity contribution is 7.92. The molecule has 1 aliphatic heterocycles. The molecule has 34 heavy (non-hydrogen) atoms. The summed E-state index contributed by atoms with van der Waals surface area (Å²) in [6, 6.07) is 10.4. The Kier molecular flexibility index (Phi) is 5.80. The van der Waals surface area contributed by atoms with Gasteiger partial charge in [-0.2, -0.15) is 0 Å². The van der Waals surface area contributed by atoms with Crippen LogP contribution in [0.15, 0.2) is 52.2 Å². The zero-order valence-corrected chi connectivity index (χ0v) is 20.6. The van der Waals surface area contributed by atoms with Crippen molar-refractivity contribution in [3.63, 3.8) is 0 Å². The first-order valence-electron chi connectivity index (χ1n) is 10.8. The molecule has 2 aromatic carbocycles. The van der Waals surface area contributed by atoms with E-state index in [4.69, 9.17) is 4.74 Å². The van der Waals surface area contributed by atoms with E-state index in [1.54, 1.807) is 19.2 Å². The summed E-state index contributed by atoms with van der Waals surface area (Å²) in [5, 5.41) is 0. The van der Waals surface area contributed by atoms with E-state index in [-0.39, 0.29) is 5.41 Å². The van der Waals surface area contributed by atoms with Crippen molar-refractivity contribution in [2.75, 3.05) is 23.0 Å². The highest BCUT2D eigenvalue weighted by atomic mass is 32.2. The molecule has 1 aliphatic rings. The van der Waals surface area contributed by atoms with Crippen LogP contribution in [0, 0.1) is 0 Å². The van der Waals surface area contributed by atoms with Crippen molar-refractivity contribution in [2.45, 2.75) is 39.3 Å². The lowest BCUT2D eigenvalue weighted by Gasteiger charge is -2.29. The van der Waals surface area contributed by atoms with Gasteiger partial charge in [-0.15, -0.1) is 0 Å². The minimum Gasteiger partial charge on any atom is -0.494 e. The second kappa shape index (κ2) is 8.35. The first kappa shape index (κ1) is 23.6. The van der Waals surface area contributed by atoms with Gasteiger partial charge in [-0.3, -0.25) is 9.52 Å². The van der Waals surface area contributed by atoms with Crippen LogP contribution in [0.3, 0.4) is 0 Å². The summed E-state index contributed by atoms with van der Waals surface area (Å²) in [5.41, 5.74) is 3.30. The average molecular weight is 485 g/mol. The monoisotopic (exact) mass is 484 g/mol. The van der Waals surface area contributed by atoms with Crippen LogP contribution in [0.1, 0.15) is 37.5 Å². The number of nitrogens with zero attached hydrogens (tertiary/aromatic N) is 2. The summed E-state index contributed by atoms with van der Waals surface area (Å²) in [7, 11) is -1.78. The van der Waals surface area contributed by atoms with Crippen molar-refractivity contribution in [1.29, 1.82) is 0 Å². The fourth-order valence-corrected chi connectivity index (χ4v) is 4.80. The largest absolute Gasteiger partial charge is 0.494 e. The Hall–Kier alpha value is -3.53. The van der Waals surface area contributed by atoms with Gasteiger partial charge in [-0.05, 0) is 40.8 Å². The fraction of sp³-hybridized carbons (Fsp3) is 0.333. The lowest BCUT2D eigenvalue weighted by Crippen LogP contribution is -2.33. The summed E-state index contributed by atoms with van der Waals surface area (Å²) in [4.78, 5) is 29.7. The molecule has 0 saturated heterocycles. The van der Waals surface area contributed by atoms with Crippen LogP contribution >= 0.6 is 0 Å². The number of ether oxygens (including phenoxy) is 1. The average Bonchev–Trinajstić information content (AvgIpc) is 3.14. The Balaban J connectivity index is 1.85. The Labute approximate surface area is 198 Å². The van der Waals surface area contributed by atoms with Gasteiger partial charge in [-0.1, -0.05) is 26.8 Å². The number of rotatable bonds is 5. The van der Waals surface area contributed by atoms with E-state index in [0.29, 0.717) is 30.2 Å². The fourth-order valence-electron chi connectivity index (χ4n) is 4.24. The molecule has 0 aliphatic carbocycles. The Bertz CT molecular complexity index is 1450. The molecule has 0 fully saturated rings. The maximum Gasteiger partial charge on any atom is 0.332 e. The predicted octanol–water partition coefficient (Wildman–Crippen LogP) is 2.72. The van der Waals surface area contributed by atoms with Crippen LogP contribution in [0.5, 0.6) is 5.75 Å². The van der Waals surface area contributed by atoms with Crippen LogP contribution in [-0.2, 0) is 28.5 Å². The van der Waals surface area contributed by atoms with E-state index in [2.05, 4.69) is 14.6 Å². The van der Waals surface area contributed by atoms with Gasteiger partial charge >= 0.3 is 5.69 Å². The van der Waals surface area contributed by atoms with Crippen molar-refractivity contribution in [3.05, 3.63) is 80.1 Å². The third kappa shape index (κ3) is 4.58. The van der Waals surface area contributed by atoms with E-state index in [1.807, 2.05) is 39.0 Å². The van der Waals surface area contributed by atoms with E-state index >= 15 is 0 Å². The van der Waals surface area contributed by atoms with Crippen molar-refractivity contribution in [3.8, 4) is 11.4 Å². The lowest BCUT2D eigenvalue weighted by molar-refractivity contribution is 0.397. The smallest absolute Gasteiger partial charge is 0.332 e. The van der Waals surface area contributed by atoms with Gasteiger partial charge < -0.3 is 14.6 Å². The van der Waals surface area contributed by atoms with Gasteiger partial charge in [0.15, 0.2) is 0 Å². The second-order valence-corrected chi connectivity index (χ2v) is 11.2. The zero-order chi connectivity index (χ0) is 24.8. The number of hydrogen-bond acceptors (Lipinski definition) is 6. The van der Waals surface area contributed by atoms with Gasteiger partial charge in [0.25, 0.3) is 5.56 Å². The molecule has 0 saturated carbocycles. The van der Waals surface area contributed by atoms with Crippen LogP contribution in [-0.4, -0.2) is 31.3 Å². The Morgan fingerprint density at radius 1 is 1.03 bits per heavy atom. The molecular weight excluding hydrogens is 456 g/mol. The van der Waals surface area contributed by atoms with Gasteiger partial charge in [0.05, 0.1) is 24.7 Å². The molecule has 0 atom stereocenters. The third-order valence-electron chi connectivity index (χ3n) is 5.75. The number of hydrogen-bond donors (Lipinski definition) is 2. The molecule has 1 aromatic heterocycles. The molecule has 9 nitrogen and oxygen atoms in total. The van der Waals surface area contributed by atoms with Crippen molar-refractivity contribution >= 4 is 21.4 Å². The van der Waals surface area contributed by atoms with Crippen molar-refractivity contribution in [2.24, 2.45) is 0 Å². The summed E-state index contributed by atoms with van der Waals surface area (Å²) in [6.07, 6.45) is 2.44. The minimum atomic E-state index is -3.39. The summed E-state index contributed by atoms with van der Waals surface area (Å²) in [6.45, 7) is 7.20. The van der Waals surface area contributed by atoms with E-state index in [1.165, 1.54) is 12.3 Å². The first-order chi connectivity index (χ1) is 15.9. The first-order valence-corrected chi connectivity index (χ1v) is 12.6. The lowest BCUT2D eigenvalue weighted by atomic mass is 9.85. The number of nitrogens with one attached hydrogen (secondary N) is 2. The minimum absolute atomic E-state index is 0.333. The number of benzene rings is 2. The van der Waals surface area contributed by atoms with E-state index in [0.717, 1.165) is 33.2 Å². The number of H-pyrrole nitrogens is 1. The topological polar surface area (TPSA) is 114 Å². The maximum absolute atomic E-state index is 12.6. The summed E-state index contributed by atoms with van der Waals surface area (Å²) < 4.78 is 32.7. The molecule has 0 unspecified atom stereocenters. The molecule has 2 N–H and O–H groups in total. The molecule has 0 radical (unpaired) electrons. The Morgan fingerprint density at radius 3 is 2.35 bits per heavy atom. The van der Waals surface area contributed by atoms with E-state index < -0.39 is 21.3 Å². The maximum atomic E-state index is 12.6. The highest BCUT2D eigenvalue weighted by Gasteiger charge is 2.29. The molecule has 0 amide bonds. The van der Waals surface area contributed by atoms with Gasteiger partial charge in [0.1, 0.15) is 5.75 Å². The number of methoxy groups -OCH3 is 1. The second-order valence-electron chi connectivity index (χ2n) is 9.47. The van der Waals surface area contributed by atoms with Gasteiger partial charge in [0.2, 0.25) is 10.0 Å². The number of sulfonamides is 1. The number of anilines is 2. The molecular formula is C24H28N4O5S. The summed E-state index contributed by atoms with van der Waals surface area (Å²) >= 11 is 0. The van der Waals surface area contributed by atoms with E-state index in [9.17, 15) is 18.0 Å². The number of fused-ring (bicyclic) bond motifs is 1. The number of aromatic nitrogens is 2. The van der Waals surface area contributed by atoms with Crippen LogP contribution < -0.4 is 25.6 Å². The van der Waals surface area contributed by atoms with Crippen LogP contribution in [0.4, 0.5) is 11.4 Å². The molecule has 2 heterocycles. The number of aromatic amines is 1. The molecule has 3 aromatic rings. The molecule has 180 valence electrons. The van der Waals surface area contributed by atoms with Crippen LogP contribution in [0.25, 0.3) is 5.69 Å². The summed E-state index contributed by atoms with van der Waals surface area (Å²) in [5.74, 6) is 0.666. The molecule has 0 bridgehead atoms. The highest BCUT2D eigenvalue weighted by Crippen LogP contribution is 2.43. The van der Waals surface area contributed by atoms with Crippen LogP contribution in [0.2, 0.25) is 0 Å². The van der Waals surface area contributed by atoms with Gasteiger partial charge in [0, 0.05) is 36.6 Å². The van der Waals surface area contributed by atoms with Gasteiger partial charge in [-0.25, -0.2) is 17.8 Å².